The topological polar surface area (TPSA) is 8.81 Å². The number of nitrogens with zero attached hydrogens (tertiary/aromatic N) is 2. The third-order valence-corrected chi connectivity index (χ3v) is 6.07. The van der Waals surface area contributed by atoms with Gasteiger partial charge in [-0.2, -0.15) is 0 Å². The van der Waals surface area contributed by atoms with E-state index in [1.807, 2.05) is 0 Å². The lowest BCUT2D eigenvalue weighted by Gasteiger charge is -2.06. The summed E-state index contributed by atoms with van der Waals surface area (Å²) in [5.74, 6) is 1.56. The Morgan fingerprint density at radius 1 is 0.607 bits per heavy atom. The Labute approximate surface area is 177 Å². The van der Waals surface area contributed by atoms with E-state index in [1.54, 1.807) is 5.82 Å². The molecule has 0 radical (unpaired) electrons. The highest BCUT2D eigenvalue weighted by Crippen LogP contribution is 2.11. The highest BCUT2D eigenvalue weighted by atomic mass is 15.1. The van der Waals surface area contributed by atoms with Gasteiger partial charge >= 0.3 is 0 Å². The summed E-state index contributed by atoms with van der Waals surface area (Å²) >= 11 is 0. The van der Waals surface area contributed by atoms with Crippen LogP contribution >= 0.6 is 0 Å². The molecule has 0 aliphatic rings. The highest BCUT2D eigenvalue weighted by molar-refractivity contribution is 4.84. The first-order valence-corrected chi connectivity index (χ1v) is 12.9. The zero-order chi connectivity index (χ0) is 20.3. The van der Waals surface area contributed by atoms with Crippen LogP contribution in [0.4, 0.5) is 0 Å². The summed E-state index contributed by atoms with van der Waals surface area (Å²) in [5, 5.41) is 0. The van der Waals surface area contributed by atoms with Crippen molar-refractivity contribution in [3.63, 3.8) is 0 Å². The van der Waals surface area contributed by atoms with Gasteiger partial charge in [-0.1, -0.05) is 97.8 Å². The molecule has 0 unspecified atom stereocenters. The molecule has 2 heteroatoms. The molecule has 0 aliphatic heterocycles. The van der Waals surface area contributed by atoms with Gasteiger partial charge in [-0.05, 0) is 32.1 Å². The van der Waals surface area contributed by atoms with Gasteiger partial charge in [0, 0.05) is 6.42 Å². The van der Waals surface area contributed by atoms with Crippen LogP contribution in [-0.2, 0) is 19.5 Å². The number of aryl methyl sites for hydroxylation is 2. The van der Waals surface area contributed by atoms with E-state index >= 15 is 0 Å². The van der Waals surface area contributed by atoms with Crippen LogP contribution in [0.3, 0.4) is 0 Å². The fourth-order valence-electron chi connectivity index (χ4n) is 4.25. The van der Waals surface area contributed by atoms with Crippen molar-refractivity contribution in [1.82, 2.24) is 4.57 Å². The Morgan fingerprint density at radius 2 is 1.11 bits per heavy atom. The molecule has 0 amide bonds. The van der Waals surface area contributed by atoms with Crippen molar-refractivity contribution in [3.8, 4) is 0 Å². The van der Waals surface area contributed by atoms with Gasteiger partial charge in [-0.25, -0.2) is 9.13 Å². The third kappa shape index (κ3) is 11.9. The van der Waals surface area contributed by atoms with E-state index in [-0.39, 0.29) is 0 Å². The fourth-order valence-corrected chi connectivity index (χ4v) is 4.25. The molecule has 0 N–H and O–H groups in total. The molecule has 0 aliphatic carbocycles. The molecule has 0 saturated heterocycles. The molecule has 0 spiro atoms. The fraction of sp³-hybridized carbons (Fsp3) is 0.885. The Balaban J connectivity index is 2.21. The molecule has 0 bridgehead atoms. The van der Waals surface area contributed by atoms with E-state index in [1.165, 1.54) is 129 Å². The lowest BCUT2D eigenvalue weighted by molar-refractivity contribution is -0.704. The molecule has 1 heterocycles. The predicted molar refractivity (Wildman–Crippen MR) is 124 cm³/mol. The molecule has 28 heavy (non-hydrogen) atoms. The first-order valence-electron chi connectivity index (χ1n) is 12.9. The van der Waals surface area contributed by atoms with Crippen molar-refractivity contribution >= 4 is 0 Å². The minimum atomic E-state index is 1.22. The molecule has 1 aromatic rings. The van der Waals surface area contributed by atoms with Crippen LogP contribution in [0.25, 0.3) is 0 Å². The second-order valence-corrected chi connectivity index (χ2v) is 8.80. The molecule has 1 rings (SSSR count). The van der Waals surface area contributed by atoms with Gasteiger partial charge in [0.25, 0.3) is 5.82 Å². The lowest BCUT2D eigenvalue weighted by atomic mass is 10.1. The normalized spacial score (nSPS) is 11.4. The van der Waals surface area contributed by atoms with Gasteiger partial charge < -0.3 is 0 Å². The van der Waals surface area contributed by atoms with E-state index in [0.717, 1.165) is 0 Å². The number of aromatic nitrogens is 2. The Hall–Kier alpha value is -0.790. The summed E-state index contributed by atoms with van der Waals surface area (Å²) in [5.41, 5.74) is 0. The largest absolute Gasteiger partial charge is 0.256 e. The smallest absolute Gasteiger partial charge is 0.234 e. The van der Waals surface area contributed by atoms with E-state index in [2.05, 4.69) is 42.3 Å². The maximum absolute atomic E-state index is 2.55. The average Bonchev–Trinajstić information content (AvgIpc) is 3.08. The van der Waals surface area contributed by atoms with Crippen LogP contribution < -0.4 is 4.57 Å². The summed E-state index contributed by atoms with van der Waals surface area (Å²) in [6.07, 6.45) is 29.7. The van der Waals surface area contributed by atoms with Gasteiger partial charge in [0.15, 0.2) is 0 Å². The van der Waals surface area contributed by atoms with Crippen molar-refractivity contribution in [2.45, 2.75) is 149 Å². The van der Waals surface area contributed by atoms with E-state index in [0.29, 0.717) is 0 Å². The Bertz CT molecular complexity index is 449. The van der Waals surface area contributed by atoms with Crippen molar-refractivity contribution in [2.75, 3.05) is 0 Å². The van der Waals surface area contributed by atoms with Crippen molar-refractivity contribution in [1.29, 1.82) is 0 Å². The van der Waals surface area contributed by atoms with Crippen LogP contribution in [0, 0.1) is 0 Å². The summed E-state index contributed by atoms with van der Waals surface area (Å²) in [4.78, 5) is 0. The summed E-state index contributed by atoms with van der Waals surface area (Å²) in [6.45, 7) is 9.34. The zero-order valence-corrected chi connectivity index (χ0v) is 19.7. The second-order valence-electron chi connectivity index (χ2n) is 8.80. The minimum absolute atomic E-state index is 1.22. The number of imidazole rings is 1. The SMILES string of the molecule is CCCCCCCCCCCn1cc[n+](CCCCCCCCC)c1CCC. The number of rotatable bonds is 20. The van der Waals surface area contributed by atoms with Crippen LogP contribution in [0.2, 0.25) is 0 Å². The molecule has 0 atom stereocenters. The molecule has 0 aromatic carbocycles. The minimum Gasteiger partial charge on any atom is -0.234 e. The molecule has 0 saturated carbocycles. The van der Waals surface area contributed by atoms with Crippen molar-refractivity contribution in [3.05, 3.63) is 18.2 Å². The van der Waals surface area contributed by atoms with Crippen molar-refractivity contribution in [2.24, 2.45) is 0 Å². The standard InChI is InChI=1S/C26H51N2/c1-4-7-9-11-13-14-16-18-20-23-28-25-24-27(26(28)21-6-3)22-19-17-15-12-10-8-5-2/h24-25H,4-23H2,1-3H3/q+1. The molecular formula is C26H51N2+. The average molecular weight is 392 g/mol. The van der Waals surface area contributed by atoms with Gasteiger partial charge in [0.1, 0.15) is 12.4 Å². The third-order valence-electron chi connectivity index (χ3n) is 6.07. The second kappa shape index (κ2) is 18.3. The van der Waals surface area contributed by atoms with Crippen molar-refractivity contribution < 1.29 is 4.57 Å². The van der Waals surface area contributed by atoms with E-state index in [4.69, 9.17) is 0 Å². The maximum atomic E-state index is 2.55. The molecule has 164 valence electrons. The zero-order valence-electron chi connectivity index (χ0n) is 19.7. The first-order chi connectivity index (χ1) is 13.8. The van der Waals surface area contributed by atoms with Crippen LogP contribution in [-0.4, -0.2) is 4.57 Å². The molecule has 1 aromatic heterocycles. The number of unbranched alkanes of at least 4 members (excludes halogenated alkanes) is 14. The van der Waals surface area contributed by atoms with Crippen LogP contribution in [0.15, 0.2) is 12.4 Å². The maximum Gasteiger partial charge on any atom is 0.256 e. The Kier molecular flexibility index (Phi) is 16.5. The number of hydrogen-bond acceptors (Lipinski definition) is 0. The van der Waals surface area contributed by atoms with Gasteiger partial charge in [-0.15, -0.1) is 0 Å². The van der Waals surface area contributed by atoms with Gasteiger partial charge in [0.2, 0.25) is 0 Å². The lowest BCUT2D eigenvalue weighted by Crippen LogP contribution is -2.37. The highest BCUT2D eigenvalue weighted by Gasteiger charge is 2.15. The number of hydrogen-bond donors (Lipinski definition) is 0. The van der Waals surface area contributed by atoms with Crippen LogP contribution in [0.1, 0.15) is 136 Å². The molecule has 2 nitrogen and oxygen atoms in total. The van der Waals surface area contributed by atoms with Crippen LogP contribution in [0.5, 0.6) is 0 Å². The predicted octanol–water partition coefficient (Wildman–Crippen LogP) is 8.01. The molecule has 0 fully saturated rings. The van der Waals surface area contributed by atoms with E-state index < -0.39 is 0 Å². The van der Waals surface area contributed by atoms with E-state index in [9.17, 15) is 0 Å². The first kappa shape index (κ1) is 25.2. The van der Waals surface area contributed by atoms with Gasteiger partial charge in [-0.3, -0.25) is 0 Å². The summed E-state index contributed by atoms with van der Waals surface area (Å²) in [7, 11) is 0. The van der Waals surface area contributed by atoms with Gasteiger partial charge in [0.05, 0.1) is 13.1 Å². The Morgan fingerprint density at radius 3 is 1.64 bits per heavy atom. The summed E-state index contributed by atoms with van der Waals surface area (Å²) in [6, 6.07) is 0. The monoisotopic (exact) mass is 391 g/mol. The quantitative estimate of drug-likeness (QED) is 0.157. The summed E-state index contributed by atoms with van der Waals surface area (Å²) < 4.78 is 5.09. The molecular weight excluding hydrogens is 340 g/mol.